The Labute approximate surface area is 80.6 Å². The minimum atomic E-state index is -0.962. The van der Waals surface area contributed by atoms with Crippen molar-refractivity contribution >= 4 is 5.97 Å². The third-order valence-electron chi connectivity index (χ3n) is 2.41. The number of benzene rings is 1. The first-order valence-corrected chi connectivity index (χ1v) is 4.43. The number of halogens is 1. The smallest absolute Gasteiger partial charge is 0.325 e. The summed E-state index contributed by atoms with van der Waals surface area (Å²) in [6.07, 6.45) is 0.749. The summed E-state index contributed by atoms with van der Waals surface area (Å²) in [7, 11) is 0. The lowest BCUT2D eigenvalue weighted by atomic mass is 9.94. The van der Waals surface area contributed by atoms with Gasteiger partial charge >= 0.3 is 5.97 Å². The summed E-state index contributed by atoms with van der Waals surface area (Å²) in [6.45, 7) is 0.621. The van der Waals surface area contributed by atoms with Gasteiger partial charge in [0, 0.05) is 6.54 Å². The molecule has 0 bridgehead atoms. The first kappa shape index (κ1) is 9.15. The van der Waals surface area contributed by atoms with Crippen LogP contribution in [0.1, 0.15) is 17.2 Å². The van der Waals surface area contributed by atoms with E-state index >= 15 is 0 Å². The molecule has 0 unspecified atom stereocenters. The highest BCUT2D eigenvalue weighted by molar-refractivity contribution is 5.76. The van der Waals surface area contributed by atoms with E-state index in [1.165, 1.54) is 12.1 Å². The van der Waals surface area contributed by atoms with Crippen LogP contribution in [-0.4, -0.2) is 17.6 Å². The minimum absolute atomic E-state index is 0.390. The summed E-state index contributed by atoms with van der Waals surface area (Å²) >= 11 is 0. The van der Waals surface area contributed by atoms with E-state index in [-0.39, 0.29) is 0 Å². The zero-order valence-electron chi connectivity index (χ0n) is 7.46. The Balaban J connectivity index is 2.46. The normalized spacial score (nSPS) is 20.2. The van der Waals surface area contributed by atoms with Crippen molar-refractivity contribution in [2.75, 3.05) is 6.54 Å². The molecule has 0 radical (unpaired) electrons. The van der Waals surface area contributed by atoms with E-state index < -0.39 is 17.8 Å². The largest absolute Gasteiger partial charge is 0.480 e. The molecule has 0 aliphatic carbocycles. The number of aliphatic carboxylic acids is 1. The highest BCUT2D eigenvalue weighted by Crippen LogP contribution is 2.23. The maximum atomic E-state index is 12.9. The molecule has 0 amide bonds. The van der Waals surface area contributed by atoms with E-state index in [4.69, 9.17) is 5.11 Å². The summed E-state index contributed by atoms with van der Waals surface area (Å²) in [4.78, 5) is 10.8. The zero-order chi connectivity index (χ0) is 10.1. The summed E-state index contributed by atoms with van der Waals surface area (Å²) < 4.78 is 12.9. The van der Waals surface area contributed by atoms with Crippen LogP contribution >= 0.6 is 0 Å². The van der Waals surface area contributed by atoms with Gasteiger partial charge < -0.3 is 10.4 Å². The summed E-state index contributed by atoms with van der Waals surface area (Å²) in [5.41, 5.74) is 1.46. The molecule has 1 aromatic carbocycles. The van der Waals surface area contributed by atoms with Crippen molar-refractivity contribution in [2.45, 2.75) is 12.5 Å². The fourth-order valence-electron chi connectivity index (χ4n) is 1.74. The van der Waals surface area contributed by atoms with E-state index in [0.717, 1.165) is 12.0 Å². The summed E-state index contributed by atoms with van der Waals surface area (Å²) in [5.74, 6) is -1.35. The maximum Gasteiger partial charge on any atom is 0.325 e. The Kier molecular flexibility index (Phi) is 2.21. The second-order valence-corrected chi connectivity index (χ2v) is 3.32. The molecule has 2 rings (SSSR count). The molecule has 1 aromatic rings. The van der Waals surface area contributed by atoms with Crippen LogP contribution in [0.25, 0.3) is 0 Å². The standard InChI is InChI=1S/C10H10FNO2/c11-7-2-1-6-3-4-12-9(10(13)14)8(6)5-7/h1-2,5,9,12H,3-4H2,(H,13,14)/t9-/m0/s1. The molecule has 1 heterocycles. The van der Waals surface area contributed by atoms with Crippen LogP contribution in [0.5, 0.6) is 0 Å². The third kappa shape index (κ3) is 1.48. The van der Waals surface area contributed by atoms with Crippen LogP contribution in [0, 0.1) is 5.82 Å². The van der Waals surface area contributed by atoms with Crippen molar-refractivity contribution < 1.29 is 14.3 Å². The molecule has 14 heavy (non-hydrogen) atoms. The molecular weight excluding hydrogens is 185 g/mol. The Morgan fingerprint density at radius 3 is 3.07 bits per heavy atom. The molecule has 4 heteroatoms. The number of carboxylic acids is 1. The molecule has 3 nitrogen and oxygen atoms in total. The lowest BCUT2D eigenvalue weighted by Gasteiger charge is -2.23. The second kappa shape index (κ2) is 3.38. The minimum Gasteiger partial charge on any atom is -0.480 e. The third-order valence-corrected chi connectivity index (χ3v) is 2.41. The van der Waals surface area contributed by atoms with E-state index in [1.54, 1.807) is 6.07 Å². The van der Waals surface area contributed by atoms with Gasteiger partial charge in [0.1, 0.15) is 11.9 Å². The van der Waals surface area contributed by atoms with Gasteiger partial charge in [-0.25, -0.2) is 4.39 Å². The van der Waals surface area contributed by atoms with Crippen molar-refractivity contribution in [2.24, 2.45) is 0 Å². The van der Waals surface area contributed by atoms with Gasteiger partial charge in [-0.1, -0.05) is 6.07 Å². The molecule has 0 aromatic heterocycles. The van der Waals surface area contributed by atoms with Crippen molar-refractivity contribution in [3.05, 3.63) is 35.1 Å². The quantitative estimate of drug-likeness (QED) is 0.705. The highest BCUT2D eigenvalue weighted by atomic mass is 19.1. The second-order valence-electron chi connectivity index (χ2n) is 3.32. The van der Waals surface area contributed by atoms with Crippen molar-refractivity contribution in [3.8, 4) is 0 Å². The predicted molar refractivity (Wildman–Crippen MR) is 48.5 cm³/mol. The SMILES string of the molecule is O=C(O)[C@H]1NCCc2ccc(F)cc21. The van der Waals surface area contributed by atoms with E-state index in [9.17, 15) is 9.18 Å². The summed E-state index contributed by atoms with van der Waals surface area (Å²) in [6, 6.07) is 3.54. The van der Waals surface area contributed by atoms with Crippen LogP contribution in [-0.2, 0) is 11.2 Å². The van der Waals surface area contributed by atoms with Crippen LogP contribution in [0.3, 0.4) is 0 Å². The summed E-state index contributed by atoms with van der Waals surface area (Å²) in [5, 5.41) is 11.7. The number of fused-ring (bicyclic) bond motifs is 1. The van der Waals surface area contributed by atoms with E-state index in [0.29, 0.717) is 12.1 Å². The van der Waals surface area contributed by atoms with Gasteiger partial charge in [0.15, 0.2) is 0 Å². The van der Waals surface area contributed by atoms with Gasteiger partial charge in [-0.2, -0.15) is 0 Å². The first-order valence-electron chi connectivity index (χ1n) is 4.43. The first-order chi connectivity index (χ1) is 6.68. The van der Waals surface area contributed by atoms with Gasteiger partial charge in [0.05, 0.1) is 0 Å². The Bertz CT molecular complexity index is 378. The van der Waals surface area contributed by atoms with Gasteiger partial charge in [0.25, 0.3) is 0 Å². The number of carbonyl (C=O) groups is 1. The molecule has 2 N–H and O–H groups in total. The number of rotatable bonds is 1. The number of nitrogens with one attached hydrogen (secondary N) is 1. The molecule has 0 spiro atoms. The van der Waals surface area contributed by atoms with Crippen LogP contribution in [0.4, 0.5) is 4.39 Å². The zero-order valence-corrected chi connectivity index (χ0v) is 7.46. The molecular formula is C10H10FNO2. The van der Waals surface area contributed by atoms with Crippen LogP contribution in [0.2, 0.25) is 0 Å². The van der Waals surface area contributed by atoms with Gasteiger partial charge in [-0.3, -0.25) is 4.79 Å². The van der Waals surface area contributed by atoms with Crippen molar-refractivity contribution in [1.82, 2.24) is 5.32 Å². The fraction of sp³-hybridized carbons (Fsp3) is 0.300. The molecule has 1 aliphatic rings. The Morgan fingerprint density at radius 1 is 1.57 bits per heavy atom. The molecule has 0 fully saturated rings. The molecule has 74 valence electrons. The topological polar surface area (TPSA) is 49.3 Å². The average Bonchev–Trinajstić information content (AvgIpc) is 2.16. The Hall–Kier alpha value is -1.42. The van der Waals surface area contributed by atoms with Crippen LogP contribution in [0.15, 0.2) is 18.2 Å². The Morgan fingerprint density at radius 2 is 2.36 bits per heavy atom. The lowest BCUT2D eigenvalue weighted by molar-refractivity contribution is -0.139. The molecule has 0 saturated carbocycles. The van der Waals surface area contributed by atoms with Gasteiger partial charge in [-0.15, -0.1) is 0 Å². The van der Waals surface area contributed by atoms with Gasteiger partial charge in [-0.05, 0) is 29.7 Å². The molecule has 1 atom stereocenters. The van der Waals surface area contributed by atoms with Gasteiger partial charge in [0.2, 0.25) is 0 Å². The van der Waals surface area contributed by atoms with E-state index in [1.807, 2.05) is 0 Å². The van der Waals surface area contributed by atoms with Crippen molar-refractivity contribution in [1.29, 1.82) is 0 Å². The maximum absolute atomic E-state index is 12.9. The molecule has 1 aliphatic heterocycles. The number of carboxylic acid groups (broad SMARTS) is 1. The number of hydrogen-bond donors (Lipinski definition) is 2. The number of hydrogen-bond acceptors (Lipinski definition) is 2. The van der Waals surface area contributed by atoms with Crippen LogP contribution < -0.4 is 5.32 Å². The monoisotopic (exact) mass is 195 g/mol. The van der Waals surface area contributed by atoms with Crippen molar-refractivity contribution in [3.63, 3.8) is 0 Å². The fourth-order valence-corrected chi connectivity index (χ4v) is 1.74. The molecule has 0 saturated heterocycles. The lowest BCUT2D eigenvalue weighted by Crippen LogP contribution is -2.35. The van der Waals surface area contributed by atoms with E-state index in [2.05, 4.69) is 5.32 Å². The predicted octanol–water partition coefficient (Wildman–Crippen LogP) is 1.10. The average molecular weight is 195 g/mol. The highest BCUT2D eigenvalue weighted by Gasteiger charge is 2.25.